The van der Waals surface area contributed by atoms with E-state index in [0.717, 1.165) is 0 Å². The Morgan fingerprint density at radius 3 is 2.11 bits per heavy atom. The monoisotopic (exact) mass is 293 g/mol. The smallest absolute Gasteiger partial charge is 0.477 e. The highest BCUT2D eigenvalue weighted by Gasteiger charge is 2.42. The van der Waals surface area contributed by atoms with Gasteiger partial charge in [-0.2, -0.15) is 17.6 Å². The number of carbonyl (C=O) groups is 1. The molecular formula is C8H2F7NO3. The van der Waals surface area contributed by atoms with Crippen LogP contribution in [0.3, 0.4) is 0 Å². The number of aromatic nitrogens is 1. The molecule has 0 saturated heterocycles. The number of carboxylic acids is 1. The fourth-order valence-corrected chi connectivity index (χ4v) is 1.04. The first-order valence-electron chi connectivity index (χ1n) is 4.18. The lowest BCUT2D eigenvalue weighted by molar-refractivity contribution is -0.277. The molecule has 1 aromatic rings. The molecule has 0 unspecified atom stereocenters. The highest BCUT2D eigenvalue weighted by Crippen LogP contribution is 2.39. The molecule has 0 atom stereocenters. The van der Waals surface area contributed by atoms with E-state index in [1.54, 1.807) is 0 Å². The SMILES string of the molecule is O=C(O)c1cc(C(F)(F)F)c(OC(F)(F)F)c(F)n1. The van der Waals surface area contributed by atoms with Crippen molar-refractivity contribution >= 4 is 5.97 Å². The van der Waals surface area contributed by atoms with E-state index >= 15 is 0 Å². The molecule has 11 heteroatoms. The molecule has 0 bridgehead atoms. The molecule has 0 amide bonds. The molecule has 4 nitrogen and oxygen atoms in total. The zero-order valence-corrected chi connectivity index (χ0v) is 8.43. The molecule has 0 saturated carbocycles. The summed E-state index contributed by atoms with van der Waals surface area (Å²) in [4.78, 5) is 12.8. The average Bonchev–Trinajstić information content (AvgIpc) is 2.16. The number of hydrogen-bond donors (Lipinski definition) is 1. The lowest BCUT2D eigenvalue weighted by atomic mass is 10.2. The molecular weight excluding hydrogens is 291 g/mol. The van der Waals surface area contributed by atoms with Crippen LogP contribution in [0.1, 0.15) is 16.1 Å². The minimum Gasteiger partial charge on any atom is -0.477 e. The van der Waals surface area contributed by atoms with Gasteiger partial charge in [-0.05, 0) is 6.07 Å². The van der Waals surface area contributed by atoms with Crippen LogP contribution < -0.4 is 4.74 Å². The molecule has 1 rings (SSSR count). The molecule has 19 heavy (non-hydrogen) atoms. The van der Waals surface area contributed by atoms with Crippen LogP contribution in [-0.4, -0.2) is 22.4 Å². The van der Waals surface area contributed by atoms with Gasteiger partial charge in [-0.1, -0.05) is 0 Å². The minimum atomic E-state index is -5.59. The molecule has 0 aromatic carbocycles. The number of pyridine rings is 1. The number of alkyl halides is 6. The van der Waals surface area contributed by atoms with Crippen molar-refractivity contribution in [1.29, 1.82) is 0 Å². The Hall–Kier alpha value is -2.07. The first-order chi connectivity index (χ1) is 8.42. The predicted molar refractivity (Wildman–Crippen MR) is 42.8 cm³/mol. The van der Waals surface area contributed by atoms with Crippen molar-refractivity contribution in [3.05, 3.63) is 23.3 Å². The lowest BCUT2D eigenvalue weighted by Gasteiger charge is -2.15. The van der Waals surface area contributed by atoms with E-state index in [-0.39, 0.29) is 6.07 Å². The molecule has 1 heterocycles. The summed E-state index contributed by atoms with van der Waals surface area (Å²) < 4.78 is 88.7. The number of halogens is 7. The van der Waals surface area contributed by atoms with Gasteiger partial charge in [0.25, 0.3) is 5.95 Å². The summed E-state index contributed by atoms with van der Waals surface area (Å²) in [6.07, 6.45) is -11.0. The van der Waals surface area contributed by atoms with Crippen LogP contribution in [0.4, 0.5) is 30.7 Å². The molecule has 0 aliphatic carbocycles. The summed E-state index contributed by atoms with van der Waals surface area (Å²) in [6, 6.07) is -0.257. The third-order valence-corrected chi connectivity index (χ3v) is 1.67. The van der Waals surface area contributed by atoms with Gasteiger partial charge in [-0.15, -0.1) is 13.2 Å². The van der Waals surface area contributed by atoms with Crippen molar-refractivity contribution in [3.8, 4) is 5.75 Å². The lowest BCUT2D eigenvalue weighted by Crippen LogP contribution is -2.22. The molecule has 0 radical (unpaired) electrons. The van der Waals surface area contributed by atoms with Crippen LogP contribution in [0.2, 0.25) is 0 Å². The molecule has 106 valence electrons. The van der Waals surface area contributed by atoms with E-state index in [2.05, 4.69) is 9.72 Å². The van der Waals surface area contributed by atoms with Crippen LogP contribution in [0.25, 0.3) is 0 Å². The zero-order chi connectivity index (χ0) is 15.0. The molecule has 1 aromatic heterocycles. The average molecular weight is 293 g/mol. The predicted octanol–water partition coefficient (Wildman–Crippen LogP) is 2.84. The Kier molecular flexibility index (Phi) is 3.59. The third kappa shape index (κ3) is 3.69. The van der Waals surface area contributed by atoms with Crippen LogP contribution in [0.15, 0.2) is 6.07 Å². The van der Waals surface area contributed by atoms with Gasteiger partial charge < -0.3 is 9.84 Å². The molecule has 0 fully saturated rings. The van der Waals surface area contributed by atoms with Crippen molar-refractivity contribution in [2.75, 3.05) is 0 Å². The number of carboxylic acid groups (broad SMARTS) is 1. The number of nitrogens with zero attached hydrogens (tertiary/aromatic N) is 1. The quantitative estimate of drug-likeness (QED) is 0.673. The second-order valence-electron chi connectivity index (χ2n) is 3.03. The highest BCUT2D eigenvalue weighted by molar-refractivity contribution is 5.85. The molecule has 0 aliphatic heterocycles. The summed E-state index contributed by atoms with van der Waals surface area (Å²) in [6.45, 7) is 0. The van der Waals surface area contributed by atoms with Gasteiger partial charge >= 0.3 is 18.5 Å². The Balaban J connectivity index is 3.49. The van der Waals surface area contributed by atoms with Gasteiger partial charge in [0.1, 0.15) is 5.56 Å². The van der Waals surface area contributed by atoms with Gasteiger partial charge in [0.05, 0.1) is 0 Å². The first-order valence-corrected chi connectivity index (χ1v) is 4.18. The Morgan fingerprint density at radius 1 is 1.21 bits per heavy atom. The fourth-order valence-electron chi connectivity index (χ4n) is 1.04. The second kappa shape index (κ2) is 4.55. The Bertz CT molecular complexity index is 508. The van der Waals surface area contributed by atoms with Crippen LogP contribution in [0, 0.1) is 5.95 Å². The largest absolute Gasteiger partial charge is 0.573 e. The first kappa shape index (κ1) is 15.0. The van der Waals surface area contributed by atoms with E-state index in [1.807, 2.05) is 0 Å². The van der Waals surface area contributed by atoms with E-state index in [0.29, 0.717) is 0 Å². The van der Waals surface area contributed by atoms with E-state index in [1.165, 1.54) is 0 Å². The van der Waals surface area contributed by atoms with Crippen LogP contribution >= 0.6 is 0 Å². The van der Waals surface area contributed by atoms with Gasteiger partial charge in [0.15, 0.2) is 11.4 Å². The van der Waals surface area contributed by atoms with Gasteiger partial charge in [-0.25, -0.2) is 9.78 Å². The number of hydrogen-bond acceptors (Lipinski definition) is 3. The summed E-state index contributed by atoms with van der Waals surface area (Å²) >= 11 is 0. The van der Waals surface area contributed by atoms with Crippen molar-refractivity contribution < 1.29 is 45.4 Å². The van der Waals surface area contributed by atoms with Gasteiger partial charge in [-0.3, -0.25) is 0 Å². The molecule has 1 N–H and O–H groups in total. The topological polar surface area (TPSA) is 59.4 Å². The van der Waals surface area contributed by atoms with Crippen LogP contribution in [-0.2, 0) is 6.18 Å². The summed E-state index contributed by atoms with van der Waals surface area (Å²) in [5.41, 5.74) is -3.63. The molecule has 0 spiro atoms. The van der Waals surface area contributed by atoms with Crippen molar-refractivity contribution in [1.82, 2.24) is 4.98 Å². The van der Waals surface area contributed by atoms with Crippen molar-refractivity contribution in [2.45, 2.75) is 12.5 Å². The van der Waals surface area contributed by atoms with E-state index in [4.69, 9.17) is 5.11 Å². The number of aromatic carboxylic acids is 1. The maximum atomic E-state index is 13.0. The van der Waals surface area contributed by atoms with E-state index in [9.17, 15) is 35.5 Å². The van der Waals surface area contributed by atoms with E-state index < -0.39 is 41.5 Å². The molecule has 0 aliphatic rings. The third-order valence-electron chi connectivity index (χ3n) is 1.67. The Morgan fingerprint density at radius 2 is 1.74 bits per heavy atom. The van der Waals surface area contributed by atoms with Gasteiger partial charge in [0, 0.05) is 0 Å². The highest BCUT2D eigenvalue weighted by atomic mass is 19.4. The maximum Gasteiger partial charge on any atom is 0.573 e. The van der Waals surface area contributed by atoms with Crippen molar-refractivity contribution in [2.24, 2.45) is 0 Å². The second-order valence-corrected chi connectivity index (χ2v) is 3.03. The Labute approximate surface area is 99.0 Å². The summed E-state index contributed by atoms with van der Waals surface area (Å²) in [7, 11) is 0. The number of rotatable bonds is 2. The minimum absolute atomic E-state index is 0.257. The normalized spacial score (nSPS) is 12.4. The number of ether oxygens (including phenoxy) is 1. The zero-order valence-electron chi connectivity index (χ0n) is 8.43. The van der Waals surface area contributed by atoms with Crippen LogP contribution in [0.5, 0.6) is 5.75 Å². The maximum absolute atomic E-state index is 13.0. The summed E-state index contributed by atoms with van der Waals surface area (Å²) in [5.74, 6) is -6.60. The van der Waals surface area contributed by atoms with Crippen molar-refractivity contribution in [3.63, 3.8) is 0 Å². The standard InChI is InChI=1S/C8H2F7NO3/c9-5-4(19-8(13,14)15)2(7(10,11)12)1-3(16-5)6(17)18/h1H,(H,17,18). The van der Waals surface area contributed by atoms with Gasteiger partial charge in [0.2, 0.25) is 0 Å². The summed E-state index contributed by atoms with van der Waals surface area (Å²) in [5, 5.41) is 8.36. The fraction of sp³-hybridized carbons (Fsp3) is 0.250.